The Bertz CT molecular complexity index is 364. The standard InChI is InChI=1S/C12H18N2O2/c1-9-3-4-11(16-2)10(7-9)8-14-12(15)5-6-13/h3-4,7H,5-6,8,13H2,1-2H3,(H,14,15). The highest BCUT2D eigenvalue weighted by Crippen LogP contribution is 2.19. The minimum absolute atomic E-state index is 0.0361. The molecular formula is C12H18N2O2. The Labute approximate surface area is 95.8 Å². The van der Waals surface area contributed by atoms with Crippen molar-refractivity contribution in [3.05, 3.63) is 29.3 Å². The Morgan fingerprint density at radius 2 is 2.25 bits per heavy atom. The van der Waals surface area contributed by atoms with Crippen molar-refractivity contribution in [1.29, 1.82) is 0 Å². The van der Waals surface area contributed by atoms with E-state index >= 15 is 0 Å². The lowest BCUT2D eigenvalue weighted by Gasteiger charge is -2.10. The SMILES string of the molecule is COc1ccc(C)cc1CNC(=O)CCN. The molecule has 0 heterocycles. The van der Waals surface area contributed by atoms with E-state index in [9.17, 15) is 4.79 Å². The number of carbonyl (C=O) groups excluding carboxylic acids is 1. The lowest BCUT2D eigenvalue weighted by atomic mass is 10.1. The molecule has 0 bridgehead atoms. The van der Waals surface area contributed by atoms with E-state index in [-0.39, 0.29) is 5.91 Å². The second kappa shape index (κ2) is 6.12. The molecule has 0 fully saturated rings. The summed E-state index contributed by atoms with van der Waals surface area (Å²) in [6.45, 7) is 2.85. The zero-order valence-corrected chi connectivity index (χ0v) is 9.75. The minimum Gasteiger partial charge on any atom is -0.496 e. The largest absolute Gasteiger partial charge is 0.496 e. The molecule has 0 aromatic heterocycles. The van der Waals surface area contributed by atoms with Gasteiger partial charge in [-0.15, -0.1) is 0 Å². The summed E-state index contributed by atoms with van der Waals surface area (Å²) in [7, 11) is 1.62. The van der Waals surface area contributed by atoms with Gasteiger partial charge in [-0.1, -0.05) is 17.7 Å². The summed E-state index contributed by atoms with van der Waals surface area (Å²) in [4.78, 5) is 11.3. The molecule has 1 aromatic carbocycles. The predicted octanol–water partition coefficient (Wildman–Crippen LogP) is 0.969. The maximum absolute atomic E-state index is 11.3. The monoisotopic (exact) mass is 222 g/mol. The van der Waals surface area contributed by atoms with Gasteiger partial charge in [0.15, 0.2) is 0 Å². The third-order valence-electron chi connectivity index (χ3n) is 2.28. The van der Waals surface area contributed by atoms with Crippen molar-refractivity contribution in [3.63, 3.8) is 0 Å². The number of benzene rings is 1. The van der Waals surface area contributed by atoms with Gasteiger partial charge in [0.2, 0.25) is 5.91 Å². The van der Waals surface area contributed by atoms with Crippen LogP contribution in [0, 0.1) is 6.92 Å². The molecule has 0 spiro atoms. The lowest BCUT2D eigenvalue weighted by molar-refractivity contribution is -0.121. The van der Waals surface area contributed by atoms with E-state index in [0.717, 1.165) is 16.9 Å². The average molecular weight is 222 g/mol. The molecule has 0 radical (unpaired) electrons. The number of ether oxygens (including phenoxy) is 1. The molecule has 16 heavy (non-hydrogen) atoms. The Balaban J connectivity index is 2.65. The van der Waals surface area contributed by atoms with Crippen LogP contribution in [0.4, 0.5) is 0 Å². The molecule has 0 aliphatic carbocycles. The molecule has 88 valence electrons. The van der Waals surface area contributed by atoms with Crippen molar-refractivity contribution in [2.24, 2.45) is 5.73 Å². The van der Waals surface area contributed by atoms with Gasteiger partial charge in [-0.05, 0) is 13.0 Å². The van der Waals surface area contributed by atoms with Crippen molar-refractivity contribution >= 4 is 5.91 Å². The summed E-state index contributed by atoms with van der Waals surface area (Å²) in [5.74, 6) is 0.754. The van der Waals surface area contributed by atoms with Crippen LogP contribution in [0.3, 0.4) is 0 Å². The molecule has 1 aromatic rings. The fourth-order valence-electron chi connectivity index (χ4n) is 1.46. The summed E-state index contributed by atoms with van der Waals surface area (Å²) in [5.41, 5.74) is 7.42. The summed E-state index contributed by atoms with van der Waals surface area (Å²) in [6.07, 6.45) is 0.355. The van der Waals surface area contributed by atoms with E-state index in [1.165, 1.54) is 0 Å². The summed E-state index contributed by atoms with van der Waals surface area (Å²) in [6, 6.07) is 5.88. The fraction of sp³-hybridized carbons (Fsp3) is 0.417. The molecule has 0 aliphatic rings. The quantitative estimate of drug-likeness (QED) is 0.780. The number of aryl methyl sites for hydroxylation is 1. The molecule has 0 aliphatic heterocycles. The van der Waals surface area contributed by atoms with Crippen LogP contribution < -0.4 is 15.8 Å². The van der Waals surface area contributed by atoms with Crippen molar-refractivity contribution in [3.8, 4) is 5.75 Å². The highest BCUT2D eigenvalue weighted by atomic mass is 16.5. The van der Waals surface area contributed by atoms with Crippen LogP contribution >= 0.6 is 0 Å². The van der Waals surface area contributed by atoms with Crippen molar-refractivity contribution in [2.75, 3.05) is 13.7 Å². The van der Waals surface area contributed by atoms with E-state index in [1.807, 2.05) is 25.1 Å². The van der Waals surface area contributed by atoms with Crippen LogP contribution in [0.15, 0.2) is 18.2 Å². The van der Waals surface area contributed by atoms with Crippen LogP contribution in [-0.2, 0) is 11.3 Å². The highest BCUT2D eigenvalue weighted by molar-refractivity contribution is 5.76. The number of hydrogen-bond acceptors (Lipinski definition) is 3. The minimum atomic E-state index is -0.0361. The van der Waals surface area contributed by atoms with Crippen LogP contribution in [0.25, 0.3) is 0 Å². The summed E-state index contributed by atoms with van der Waals surface area (Å²) >= 11 is 0. The zero-order valence-electron chi connectivity index (χ0n) is 9.75. The van der Waals surface area contributed by atoms with E-state index in [1.54, 1.807) is 7.11 Å². The van der Waals surface area contributed by atoms with Gasteiger partial charge < -0.3 is 15.8 Å². The third kappa shape index (κ3) is 3.55. The van der Waals surface area contributed by atoms with Crippen molar-refractivity contribution in [1.82, 2.24) is 5.32 Å². The number of nitrogens with two attached hydrogens (primary N) is 1. The Hall–Kier alpha value is -1.55. The first kappa shape index (κ1) is 12.5. The number of carbonyl (C=O) groups is 1. The fourth-order valence-corrected chi connectivity index (χ4v) is 1.46. The lowest BCUT2D eigenvalue weighted by Crippen LogP contribution is -2.25. The molecule has 3 N–H and O–H groups in total. The first-order valence-corrected chi connectivity index (χ1v) is 5.27. The molecule has 0 saturated carbocycles. The number of hydrogen-bond donors (Lipinski definition) is 2. The molecule has 0 unspecified atom stereocenters. The maximum Gasteiger partial charge on any atom is 0.221 e. The number of nitrogens with one attached hydrogen (secondary N) is 1. The number of rotatable bonds is 5. The molecule has 1 rings (SSSR count). The van der Waals surface area contributed by atoms with Gasteiger partial charge in [-0.2, -0.15) is 0 Å². The molecular weight excluding hydrogens is 204 g/mol. The van der Waals surface area contributed by atoms with Gasteiger partial charge in [0.25, 0.3) is 0 Å². The third-order valence-corrected chi connectivity index (χ3v) is 2.28. The smallest absolute Gasteiger partial charge is 0.221 e. The molecule has 4 nitrogen and oxygen atoms in total. The van der Waals surface area contributed by atoms with Gasteiger partial charge >= 0.3 is 0 Å². The van der Waals surface area contributed by atoms with Gasteiger partial charge in [0.05, 0.1) is 7.11 Å². The molecule has 0 atom stereocenters. The zero-order chi connectivity index (χ0) is 12.0. The van der Waals surface area contributed by atoms with Gasteiger partial charge in [-0.3, -0.25) is 4.79 Å². The van der Waals surface area contributed by atoms with Gasteiger partial charge in [-0.25, -0.2) is 0 Å². The topological polar surface area (TPSA) is 64.3 Å². The second-order valence-electron chi connectivity index (χ2n) is 3.63. The molecule has 0 saturated heterocycles. The first-order chi connectivity index (χ1) is 7.67. The second-order valence-corrected chi connectivity index (χ2v) is 3.63. The first-order valence-electron chi connectivity index (χ1n) is 5.27. The Morgan fingerprint density at radius 1 is 1.50 bits per heavy atom. The van der Waals surface area contributed by atoms with Crippen molar-refractivity contribution in [2.45, 2.75) is 19.9 Å². The van der Waals surface area contributed by atoms with E-state index in [0.29, 0.717) is 19.5 Å². The van der Waals surface area contributed by atoms with Crippen LogP contribution in [0.5, 0.6) is 5.75 Å². The highest BCUT2D eigenvalue weighted by Gasteiger charge is 2.05. The summed E-state index contributed by atoms with van der Waals surface area (Å²) in [5, 5.41) is 2.80. The van der Waals surface area contributed by atoms with E-state index < -0.39 is 0 Å². The maximum atomic E-state index is 11.3. The van der Waals surface area contributed by atoms with Crippen LogP contribution in [0.2, 0.25) is 0 Å². The predicted molar refractivity (Wildman–Crippen MR) is 63.2 cm³/mol. The Kier molecular flexibility index (Phi) is 4.79. The van der Waals surface area contributed by atoms with Gasteiger partial charge in [0.1, 0.15) is 5.75 Å². The van der Waals surface area contributed by atoms with Crippen LogP contribution in [0.1, 0.15) is 17.5 Å². The normalized spacial score (nSPS) is 9.94. The Morgan fingerprint density at radius 3 is 2.88 bits per heavy atom. The van der Waals surface area contributed by atoms with Crippen molar-refractivity contribution < 1.29 is 9.53 Å². The average Bonchev–Trinajstić information content (AvgIpc) is 2.27. The van der Waals surface area contributed by atoms with E-state index in [2.05, 4.69) is 5.32 Å². The number of methoxy groups -OCH3 is 1. The van der Waals surface area contributed by atoms with E-state index in [4.69, 9.17) is 10.5 Å². The summed E-state index contributed by atoms with van der Waals surface area (Å²) < 4.78 is 5.22. The van der Waals surface area contributed by atoms with Crippen LogP contribution in [-0.4, -0.2) is 19.6 Å². The van der Waals surface area contributed by atoms with Gasteiger partial charge in [0, 0.05) is 25.1 Å². The molecule has 1 amide bonds. The number of amides is 1. The molecule has 4 heteroatoms.